The third-order valence-electron chi connectivity index (χ3n) is 3.68. The lowest BCUT2D eigenvalue weighted by Crippen LogP contribution is -2.34. The first-order valence-corrected chi connectivity index (χ1v) is 7.90. The van der Waals surface area contributed by atoms with Crippen molar-refractivity contribution in [3.63, 3.8) is 0 Å². The smallest absolute Gasteiger partial charge is 0.315 e. The lowest BCUT2D eigenvalue weighted by Gasteiger charge is -2.08. The number of amides is 2. The molecule has 24 heavy (non-hydrogen) atoms. The lowest BCUT2D eigenvalue weighted by atomic mass is 10.1. The molecule has 3 aromatic rings. The normalized spacial score (nSPS) is 10.3. The van der Waals surface area contributed by atoms with Crippen LogP contribution in [0.25, 0.3) is 0 Å². The molecule has 2 amide bonds. The van der Waals surface area contributed by atoms with E-state index >= 15 is 0 Å². The van der Waals surface area contributed by atoms with Gasteiger partial charge >= 0.3 is 6.03 Å². The number of carbonyl (C=O) groups excluding carboxylic acids is 1. The van der Waals surface area contributed by atoms with E-state index in [4.69, 9.17) is 0 Å². The van der Waals surface area contributed by atoms with E-state index in [9.17, 15) is 4.79 Å². The van der Waals surface area contributed by atoms with Crippen LogP contribution >= 0.6 is 0 Å². The Bertz CT molecular complexity index is 752. The number of carbonyl (C=O) groups is 1. The molecule has 3 rings (SSSR count). The predicted octanol–water partition coefficient (Wildman–Crippen LogP) is 2.93. The standard InChI is InChI=1S/C19H20N4O/c24-19(20-13-16-5-2-1-3-6-16)21-14-17-7-9-18(10-8-17)15-23-12-4-11-22-23/h1-12H,13-15H2,(H2,20,21,24). The number of rotatable bonds is 6. The molecule has 0 bridgehead atoms. The maximum absolute atomic E-state index is 11.8. The van der Waals surface area contributed by atoms with Gasteiger partial charge in [0.15, 0.2) is 0 Å². The summed E-state index contributed by atoms with van der Waals surface area (Å²) in [5.74, 6) is 0. The minimum atomic E-state index is -0.167. The van der Waals surface area contributed by atoms with Crippen molar-refractivity contribution in [2.45, 2.75) is 19.6 Å². The number of urea groups is 1. The van der Waals surface area contributed by atoms with Gasteiger partial charge in [0.05, 0.1) is 6.54 Å². The number of nitrogens with zero attached hydrogens (tertiary/aromatic N) is 2. The first-order chi connectivity index (χ1) is 11.8. The summed E-state index contributed by atoms with van der Waals surface area (Å²) in [7, 11) is 0. The maximum atomic E-state index is 11.8. The zero-order chi connectivity index (χ0) is 16.6. The summed E-state index contributed by atoms with van der Waals surface area (Å²) in [5, 5.41) is 9.91. The van der Waals surface area contributed by atoms with Crippen molar-refractivity contribution in [3.8, 4) is 0 Å². The summed E-state index contributed by atoms with van der Waals surface area (Å²) in [4.78, 5) is 11.8. The van der Waals surface area contributed by atoms with Crippen molar-refractivity contribution in [2.24, 2.45) is 0 Å². The number of aromatic nitrogens is 2. The van der Waals surface area contributed by atoms with E-state index < -0.39 is 0 Å². The molecule has 1 aromatic heterocycles. The first-order valence-electron chi connectivity index (χ1n) is 7.90. The monoisotopic (exact) mass is 320 g/mol. The summed E-state index contributed by atoms with van der Waals surface area (Å²) in [5.41, 5.74) is 3.32. The van der Waals surface area contributed by atoms with Crippen LogP contribution in [0.2, 0.25) is 0 Å². The largest absolute Gasteiger partial charge is 0.334 e. The molecule has 5 nitrogen and oxygen atoms in total. The molecular formula is C19H20N4O. The van der Waals surface area contributed by atoms with E-state index in [-0.39, 0.29) is 6.03 Å². The van der Waals surface area contributed by atoms with Crippen molar-refractivity contribution < 1.29 is 4.79 Å². The number of hydrogen-bond acceptors (Lipinski definition) is 2. The molecule has 2 N–H and O–H groups in total. The fourth-order valence-electron chi connectivity index (χ4n) is 2.37. The molecule has 5 heteroatoms. The molecule has 0 saturated heterocycles. The van der Waals surface area contributed by atoms with Gasteiger partial charge in [-0.25, -0.2) is 4.79 Å². The Morgan fingerprint density at radius 2 is 1.46 bits per heavy atom. The topological polar surface area (TPSA) is 59.0 Å². The quantitative estimate of drug-likeness (QED) is 0.733. The average Bonchev–Trinajstić information content (AvgIpc) is 3.13. The van der Waals surface area contributed by atoms with Crippen LogP contribution in [0.3, 0.4) is 0 Å². The molecule has 1 heterocycles. The third kappa shape index (κ3) is 4.71. The van der Waals surface area contributed by atoms with E-state index in [0.717, 1.165) is 17.7 Å². The van der Waals surface area contributed by atoms with Gasteiger partial charge in [0.1, 0.15) is 0 Å². The fourth-order valence-corrected chi connectivity index (χ4v) is 2.37. The third-order valence-corrected chi connectivity index (χ3v) is 3.68. The fraction of sp³-hybridized carbons (Fsp3) is 0.158. The molecule has 122 valence electrons. The van der Waals surface area contributed by atoms with Gasteiger partial charge in [-0.3, -0.25) is 4.68 Å². The van der Waals surface area contributed by atoms with E-state index in [1.165, 1.54) is 5.56 Å². The molecule has 0 aliphatic rings. The summed E-state index contributed by atoms with van der Waals surface area (Å²) < 4.78 is 1.88. The zero-order valence-corrected chi connectivity index (χ0v) is 13.4. The molecule has 0 saturated carbocycles. The molecule has 0 atom stereocenters. The molecule has 0 fully saturated rings. The highest BCUT2D eigenvalue weighted by Gasteiger charge is 2.01. The Morgan fingerprint density at radius 1 is 0.833 bits per heavy atom. The van der Waals surface area contributed by atoms with Gasteiger partial charge in [0.25, 0.3) is 0 Å². The molecule has 0 spiro atoms. The van der Waals surface area contributed by atoms with Crippen LogP contribution in [0.15, 0.2) is 73.1 Å². The Balaban J connectivity index is 1.43. The molecular weight excluding hydrogens is 300 g/mol. The molecule has 0 aliphatic carbocycles. The van der Waals surface area contributed by atoms with Crippen LogP contribution in [0, 0.1) is 0 Å². The number of hydrogen-bond donors (Lipinski definition) is 2. The van der Waals surface area contributed by atoms with Crippen LogP contribution in [0.5, 0.6) is 0 Å². The van der Waals surface area contributed by atoms with Crippen LogP contribution in [0.1, 0.15) is 16.7 Å². The van der Waals surface area contributed by atoms with Crippen molar-refractivity contribution in [2.75, 3.05) is 0 Å². The van der Waals surface area contributed by atoms with Crippen molar-refractivity contribution in [1.29, 1.82) is 0 Å². The van der Waals surface area contributed by atoms with Gasteiger partial charge in [-0.05, 0) is 22.8 Å². The highest BCUT2D eigenvalue weighted by Crippen LogP contribution is 2.06. The van der Waals surface area contributed by atoms with Crippen molar-refractivity contribution in [1.82, 2.24) is 20.4 Å². The Morgan fingerprint density at radius 3 is 2.08 bits per heavy atom. The van der Waals surface area contributed by atoms with Gasteiger partial charge in [0, 0.05) is 25.5 Å². The number of benzene rings is 2. The average molecular weight is 320 g/mol. The van der Waals surface area contributed by atoms with E-state index in [1.807, 2.05) is 59.4 Å². The second-order valence-electron chi connectivity index (χ2n) is 5.54. The van der Waals surface area contributed by atoms with Crippen LogP contribution < -0.4 is 10.6 Å². The second kappa shape index (κ2) is 7.97. The van der Waals surface area contributed by atoms with Crippen LogP contribution in [-0.2, 0) is 19.6 Å². The van der Waals surface area contributed by atoms with E-state index in [0.29, 0.717) is 13.1 Å². The zero-order valence-electron chi connectivity index (χ0n) is 13.4. The summed E-state index contributed by atoms with van der Waals surface area (Å²) >= 11 is 0. The van der Waals surface area contributed by atoms with Crippen LogP contribution in [0.4, 0.5) is 4.79 Å². The van der Waals surface area contributed by atoms with Gasteiger partial charge in [-0.1, -0.05) is 54.6 Å². The highest BCUT2D eigenvalue weighted by molar-refractivity contribution is 5.73. The van der Waals surface area contributed by atoms with E-state index in [2.05, 4.69) is 27.9 Å². The Labute approximate surface area is 141 Å². The Hall–Kier alpha value is -3.08. The first kappa shape index (κ1) is 15.8. The SMILES string of the molecule is O=C(NCc1ccccc1)NCc1ccc(Cn2cccn2)cc1. The van der Waals surface area contributed by atoms with Gasteiger partial charge < -0.3 is 10.6 Å². The van der Waals surface area contributed by atoms with Gasteiger partial charge in [-0.15, -0.1) is 0 Å². The molecule has 0 aliphatic heterocycles. The minimum Gasteiger partial charge on any atom is -0.334 e. The molecule has 0 unspecified atom stereocenters. The minimum absolute atomic E-state index is 0.167. The van der Waals surface area contributed by atoms with Crippen LogP contribution in [-0.4, -0.2) is 15.8 Å². The second-order valence-corrected chi connectivity index (χ2v) is 5.54. The van der Waals surface area contributed by atoms with Crippen molar-refractivity contribution in [3.05, 3.63) is 89.7 Å². The molecule has 2 aromatic carbocycles. The highest BCUT2D eigenvalue weighted by atomic mass is 16.2. The summed E-state index contributed by atoms with van der Waals surface area (Å²) in [6, 6.07) is 19.7. The van der Waals surface area contributed by atoms with Gasteiger partial charge in [0.2, 0.25) is 0 Å². The van der Waals surface area contributed by atoms with Crippen molar-refractivity contribution >= 4 is 6.03 Å². The summed E-state index contributed by atoms with van der Waals surface area (Å²) in [6.45, 7) is 1.77. The lowest BCUT2D eigenvalue weighted by molar-refractivity contribution is 0.240. The van der Waals surface area contributed by atoms with E-state index in [1.54, 1.807) is 6.20 Å². The van der Waals surface area contributed by atoms with Gasteiger partial charge in [-0.2, -0.15) is 5.10 Å². The maximum Gasteiger partial charge on any atom is 0.315 e. The summed E-state index contributed by atoms with van der Waals surface area (Å²) in [6.07, 6.45) is 3.71. The molecule has 0 radical (unpaired) electrons. The predicted molar refractivity (Wildman–Crippen MR) is 93.3 cm³/mol. The number of nitrogens with one attached hydrogen (secondary N) is 2. The Kier molecular flexibility index (Phi) is 5.24.